The third-order valence-electron chi connectivity index (χ3n) is 1.94. The van der Waals surface area contributed by atoms with Crippen molar-refractivity contribution in [2.24, 2.45) is 0 Å². The first-order chi connectivity index (χ1) is 7.65. The largest absolute Gasteiger partial charge is 0.288 e. The molecule has 0 bridgehead atoms. The Morgan fingerprint density at radius 3 is 2.75 bits per heavy atom. The normalized spacial score (nSPS) is 10.1. The molecule has 0 aliphatic rings. The van der Waals surface area contributed by atoms with Crippen LogP contribution in [0.1, 0.15) is 22.0 Å². The Bertz CT molecular complexity index is 519. The standard InChI is InChI=1S/C10H11N5O/c1-6-4-3-5-8(11-6)9(16)13-10-12-7(2)14-15-10/h3-5H,1-2H3,(H2,12,13,14,15,16). The Morgan fingerprint density at radius 2 is 2.12 bits per heavy atom. The molecule has 1 amide bonds. The Kier molecular flexibility index (Phi) is 2.63. The highest BCUT2D eigenvalue weighted by Crippen LogP contribution is 2.02. The fraction of sp³-hybridized carbons (Fsp3) is 0.200. The van der Waals surface area contributed by atoms with Crippen LogP contribution in [0.3, 0.4) is 0 Å². The maximum atomic E-state index is 11.7. The minimum absolute atomic E-state index is 0.255. The summed E-state index contributed by atoms with van der Waals surface area (Å²) < 4.78 is 0. The van der Waals surface area contributed by atoms with Crippen molar-refractivity contribution in [2.75, 3.05) is 5.32 Å². The van der Waals surface area contributed by atoms with Gasteiger partial charge in [-0.3, -0.25) is 15.2 Å². The number of pyridine rings is 1. The van der Waals surface area contributed by atoms with Crippen LogP contribution in [0.15, 0.2) is 18.2 Å². The lowest BCUT2D eigenvalue weighted by molar-refractivity contribution is 0.102. The fourth-order valence-corrected chi connectivity index (χ4v) is 1.23. The van der Waals surface area contributed by atoms with E-state index in [-0.39, 0.29) is 11.9 Å². The van der Waals surface area contributed by atoms with E-state index in [9.17, 15) is 4.79 Å². The van der Waals surface area contributed by atoms with Gasteiger partial charge in [0.05, 0.1) is 0 Å². The number of hydrogen-bond donors (Lipinski definition) is 2. The lowest BCUT2D eigenvalue weighted by Gasteiger charge is -2.00. The summed E-state index contributed by atoms with van der Waals surface area (Å²) in [6.45, 7) is 3.58. The van der Waals surface area contributed by atoms with Gasteiger partial charge in [-0.2, -0.15) is 4.98 Å². The average Bonchev–Trinajstić information content (AvgIpc) is 2.64. The number of amides is 1. The van der Waals surface area contributed by atoms with E-state index < -0.39 is 0 Å². The van der Waals surface area contributed by atoms with Crippen molar-refractivity contribution in [1.29, 1.82) is 0 Å². The van der Waals surface area contributed by atoms with E-state index in [1.807, 2.05) is 13.0 Å². The van der Waals surface area contributed by atoms with Crippen LogP contribution in [0, 0.1) is 13.8 Å². The highest BCUT2D eigenvalue weighted by Gasteiger charge is 2.09. The molecule has 0 aromatic carbocycles. The predicted molar refractivity (Wildman–Crippen MR) is 58.0 cm³/mol. The molecule has 0 fully saturated rings. The number of nitrogens with zero attached hydrogens (tertiary/aromatic N) is 3. The van der Waals surface area contributed by atoms with Crippen LogP contribution < -0.4 is 5.32 Å². The molecule has 0 radical (unpaired) electrons. The molecule has 6 heteroatoms. The Balaban J connectivity index is 2.14. The number of anilines is 1. The topological polar surface area (TPSA) is 83.6 Å². The highest BCUT2D eigenvalue weighted by molar-refractivity contribution is 6.01. The first-order valence-electron chi connectivity index (χ1n) is 4.79. The molecule has 6 nitrogen and oxygen atoms in total. The second kappa shape index (κ2) is 4.09. The molecular weight excluding hydrogens is 206 g/mol. The van der Waals surface area contributed by atoms with Gasteiger partial charge >= 0.3 is 0 Å². The van der Waals surface area contributed by atoms with Gasteiger partial charge in [0.1, 0.15) is 11.5 Å². The fourth-order valence-electron chi connectivity index (χ4n) is 1.23. The molecule has 0 atom stereocenters. The summed E-state index contributed by atoms with van der Waals surface area (Å²) in [4.78, 5) is 19.8. The molecule has 0 spiro atoms. The minimum atomic E-state index is -0.317. The number of carbonyl (C=O) groups is 1. The van der Waals surface area contributed by atoms with Gasteiger partial charge in [-0.25, -0.2) is 4.98 Å². The number of aromatic amines is 1. The van der Waals surface area contributed by atoms with E-state index in [0.717, 1.165) is 5.69 Å². The molecule has 2 aromatic heterocycles. The summed E-state index contributed by atoms with van der Waals surface area (Å²) in [6, 6.07) is 5.25. The maximum Gasteiger partial charge on any atom is 0.276 e. The van der Waals surface area contributed by atoms with E-state index in [1.165, 1.54) is 0 Å². The number of rotatable bonds is 2. The lowest BCUT2D eigenvalue weighted by atomic mass is 10.3. The number of aromatic nitrogens is 4. The van der Waals surface area contributed by atoms with Gasteiger partial charge in [0.15, 0.2) is 0 Å². The summed E-state index contributed by atoms with van der Waals surface area (Å²) in [6.07, 6.45) is 0. The number of aryl methyl sites for hydroxylation is 2. The second-order valence-electron chi connectivity index (χ2n) is 3.36. The van der Waals surface area contributed by atoms with Crippen molar-refractivity contribution in [1.82, 2.24) is 20.2 Å². The van der Waals surface area contributed by atoms with Gasteiger partial charge < -0.3 is 0 Å². The summed E-state index contributed by atoms with van der Waals surface area (Å²) in [5.74, 6) is 0.584. The second-order valence-corrected chi connectivity index (χ2v) is 3.36. The smallest absolute Gasteiger partial charge is 0.276 e. The van der Waals surface area contributed by atoms with Gasteiger partial charge in [-0.1, -0.05) is 6.07 Å². The van der Waals surface area contributed by atoms with Gasteiger partial charge in [0.25, 0.3) is 5.91 Å². The molecule has 0 aliphatic carbocycles. The van der Waals surface area contributed by atoms with Crippen molar-refractivity contribution in [3.63, 3.8) is 0 Å². The van der Waals surface area contributed by atoms with Gasteiger partial charge in [-0.15, -0.1) is 5.10 Å². The minimum Gasteiger partial charge on any atom is -0.288 e. The van der Waals surface area contributed by atoms with E-state index in [1.54, 1.807) is 19.1 Å². The molecule has 82 valence electrons. The predicted octanol–water partition coefficient (Wildman–Crippen LogP) is 1.07. The summed E-state index contributed by atoms with van der Waals surface area (Å²) in [7, 11) is 0. The molecule has 2 N–H and O–H groups in total. The van der Waals surface area contributed by atoms with E-state index in [2.05, 4.69) is 25.5 Å². The molecule has 0 unspecified atom stereocenters. The molecular formula is C10H11N5O. The van der Waals surface area contributed by atoms with Crippen molar-refractivity contribution < 1.29 is 4.79 Å². The SMILES string of the molecule is Cc1cccc(C(=O)Nc2n[nH]c(C)n2)n1. The zero-order valence-corrected chi connectivity index (χ0v) is 8.98. The van der Waals surface area contributed by atoms with Crippen molar-refractivity contribution >= 4 is 11.9 Å². The quantitative estimate of drug-likeness (QED) is 0.788. The van der Waals surface area contributed by atoms with Crippen LogP contribution in [0.25, 0.3) is 0 Å². The molecule has 16 heavy (non-hydrogen) atoms. The Hall–Kier alpha value is -2.24. The monoisotopic (exact) mass is 217 g/mol. The highest BCUT2D eigenvalue weighted by atomic mass is 16.2. The Labute approximate surface area is 92.1 Å². The summed E-state index contributed by atoms with van der Waals surface area (Å²) in [5, 5.41) is 9.00. The van der Waals surface area contributed by atoms with Crippen LogP contribution in [-0.4, -0.2) is 26.1 Å². The van der Waals surface area contributed by atoms with Crippen LogP contribution in [0.4, 0.5) is 5.95 Å². The zero-order chi connectivity index (χ0) is 11.5. The van der Waals surface area contributed by atoms with Crippen LogP contribution in [-0.2, 0) is 0 Å². The van der Waals surface area contributed by atoms with Crippen LogP contribution in [0.2, 0.25) is 0 Å². The van der Waals surface area contributed by atoms with E-state index in [4.69, 9.17) is 0 Å². The third-order valence-corrected chi connectivity index (χ3v) is 1.94. The number of carbonyl (C=O) groups excluding carboxylic acids is 1. The number of H-pyrrole nitrogens is 1. The summed E-state index contributed by atoms with van der Waals surface area (Å²) >= 11 is 0. The average molecular weight is 217 g/mol. The van der Waals surface area contributed by atoms with E-state index in [0.29, 0.717) is 11.5 Å². The third kappa shape index (κ3) is 2.22. The molecule has 0 saturated heterocycles. The Morgan fingerprint density at radius 1 is 1.31 bits per heavy atom. The van der Waals surface area contributed by atoms with Gasteiger partial charge in [0.2, 0.25) is 5.95 Å². The molecule has 2 rings (SSSR count). The van der Waals surface area contributed by atoms with Gasteiger partial charge in [0, 0.05) is 5.69 Å². The molecule has 0 saturated carbocycles. The zero-order valence-electron chi connectivity index (χ0n) is 8.98. The number of hydrogen-bond acceptors (Lipinski definition) is 4. The first-order valence-corrected chi connectivity index (χ1v) is 4.79. The van der Waals surface area contributed by atoms with E-state index >= 15 is 0 Å². The maximum absolute atomic E-state index is 11.7. The molecule has 2 aromatic rings. The van der Waals surface area contributed by atoms with Crippen LogP contribution >= 0.6 is 0 Å². The van der Waals surface area contributed by atoms with Crippen molar-refractivity contribution in [3.8, 4) is 0 Å². The van der Waals surface area contributed by atoms with Crippen molar-refractivity contribution in [2.45, 2.75) is 13.8 Å². The molecule has 0 aliphatic heterocycles. The van der Waals surface area contributed by atoms with Crippen LogP contribution in [0.5, 0.6) is 0 Å². The molecule has 2 heterocycles. The van der Waals surface area contributed by atoms with Crippen molar-refractivity contribution in [3.05, 3.63) is 35.4 Å². The van der Waals surface area contributed by atoms with Gasteiger partial charge in [-0.05, 0) is 26.0 Å². The first kappa shape index (κ1) is 10.3. The summed E-state index contributed by atoms with van der Waals surface area (Å²) in [5.41, 5.74) is 1.14. The number of nitrogens with one attached hydrogen (secondary N) is 2. The lowest BCUT2D eigenvalue weighted by Crippen LogP contribution is -2.14.